The molecule has 3 rings (SSSR count). The standard InChI is InChI=1S/C17H26N2O3S2/c1-11(20)18-10-13-5-6-15(23-13)24(21,22)19-14-9-12-7-8-17(14,4)16(12,2)3/h5-6,12,14,19H,7-10H2,1-4H3,(H,18,20). The van der Waals surface area contributed by atoms with Gasteiger partial charge in [-0.3, -0.25) is 4.79 Å². The average Bonchev–Trinajstić information content (AvgIpc) is 3.08. The van der Waals surface area contributed by atoms with Crippen molar-refractivity contribution in [3.8, 4) is 0 Å². The molecule has 24 heavy (non-hydrogen) atoms. The minimum atomic E-state index is -3.52. The van der Waals surface area contributed by atoms with Gasteiger partial charge >= 0.3 is 0 Å². The number of amides is 1. The van der Waals surface area contributed by atoms with Crippen LogP contribution in [0.1, 0.15) is 51.8 Å². The fourth-order valence-corrected chi connectivity index (χ4v) is 7.11. The van der Waals surface area contributed by atoms with Crippen LogP contribution in [0.25, 0.3) is 0 Å². The Hall–Kier alpha value is -0.920. The second-order valence-corrected chi connectivity index (χ2v) is 11.0. The van der Waals surface area contributed by atoms with Crippen LogP contribution in [-0.4, -0.2) is 20.4 Å². The van der Waals surface area contributed by atoms with E-state index >= 15 is 0 Å². The molecule has 7 heteroatoms. The van der Waals surface area contributed by atoms with Gasteiger partial charge in [0.05, 0.1) is 6.54 Å². The third-order valence-electron chi connectivity index (χ3n) is 6.50. The normalized spacial score (nSPS) is 31.3. The lowest BCUT2D eigenvalue weighted by Gasteiger charge is -2.39. The zero-order valence-corrected chi connectivity index (χ0v) is 16.3. The van der Waals surface area contributed by atoms with Crippen molar-refractivity contribution < 1.29 is 13.2 Å². The number of carbonyl (C=O) groups excluding carboxylic acids is 1. The maximum atomic E-state index is 12.8. The summed E-state index contributed by atoms with van der Waals surface area (Å²) in [5.74, 6) is 0.469. The van der Waals surface area contributed by atoms with Gasteiger partial charge in [0.15, 0.2) is 0 Å². The number of hydrogen-bond donors (Lipinski definition) is 2. The number of carbonyl (C=O) groups is 1. The Morgan fingerprint density at radius 3 is 2.58 bits per heavy atom. The lowest BCUT2D eigenvalue weighted by Crippen LogP contribution is -2.46. The average molecular weight is 371 g/mol. The van der Waals surface area contributed by atoms with Gasteiger partial charge in [-0.2, -0.15) is 0 Å². The zero-order valence-electron chi connectivity index (χ0n) is 14.7. The van der Waals surface area contributed by atoms with Gasteiger partial charge in [0.25, 0.3) is 0 Å². The van der Waals surface area contributed by atoms with Crippen LogP contribution in [0.2, 0.25) is 0 Å². The van der Waals surface area contributed by atoms with E-state index in [0.717, 1.165) is 17.7 Å². The van der Waals surface area contributed by atoms with Crippen molar-refractivity contribution in [2.45, 2.75) is 63.8 Å². The molecule has 2 saturated carbocycles. The Bertz CT molecular complexity index is 754. The van der Waals surface area contributed by atoms with Gasteiger partial charge in [0.1, 0.15) is 4.21 Å². The van der Waals surface area contributed by atoms with E-state index < -0.39 is 10.0 Å². The van der Waals surface area contributed by atoms with Gasteiger partial charge in [0.2, 0.25) is 15.9 Å². The van der Waals surface area contributed by atoms with Gasteiger partial charge < -0.3 is 5.32 Å². The summed E-state index contributed by atoms with van der Waals surface area (Å²) in [6, 6.07) is 3.39. The van der Waals surface area contributed by atoms with Crippen LogP contribution in [0.3, 0.4) is 0 Å². The fraction of sp³-hybridized carbons (Fsp3) is 0.706. The van der Waals surface area contributed by atoms with Crippen LogP contribution in [0.4, 0.5) is 0 Å². The second-order valence-electron chi connectivity index (χ2n) is 7.91. The Kier molecular flexibility index (Phi) is 4.33. The number of rotatable bonds is 5. The van der Waals surface area contributed by atoms with Crippen LogP contribution in [0, 0.1) is 16.7 Å². The maximum Gasteiger partial charge on any atom is 0.250 e. The van der Waals surface area contributed by atoms with E-state index in [1.165, 1.54) is 24.7 Å². The molecule has 134 valence electrons. The van der Waals surface area contributed by atoms with Crippen molar-refractivity contribution in [3.63, 3.8) is 0 Å². The smallest absolute Gasteiger partial charge is 0.250 e. The molecule has 0 aromatic carbocycles. The molecule has 0 aliphatic heterocycles. The van der Waals surface area contributed by atoms with E-state index in [1.807, 2.05) is 0 Å². The summed E-state index contributed by atoms with van der Waals surface area (Å²) < 4.78 is 28.9. The van der Waals surface area contributed by atoms with Crippen molar-refractivity contribution in [3.05, 3.63) is 17.0 Å². The Labute approximate surface area is 148 Å². The summed E-state index contributed by atoms with van der Waals surface area (Å²) in [5.41, 5.74) is 0.188. The molecule has 0 saturated heterocycles. The highest BCUT2D eigenvalue weighted by Crippen LogP contribution is 2.65. The van der Waals surface area contributed by atoms with Crippen LogP contribution in [0.15, 0.2) is 16.3 Å². The molecular weight excluding hydrogens is 344 g/mol. The Morgan fingerprint density at radius 1 is 1.33 bits per heavy atom. The van der Waals surface area contributed by atoms with Crippen LogP contribution in [-0.2, 0) is 21.4 Å². The molecular formula is C17H26N2O3S2. The van der Waals surface area contributed by atoms with Crippen molar-refractivity contribution in [2.75, 3.05) is 0 Å². The SMILES string of the molecule is CC(=O)NCc1ccc(S(=O)(=O)NC2CC3CCC2(C)C3(C)C)s1. The van der Waals surface area contributed by atoms with Crippen molar-refractivity contribution >= 4 is 27.3 Å². The summed E-state index contributed by atoms with van der Waals surface area (Å²) in [5, 5.41) is 2.69. The van der Waals surface area contributed by atoms with Gasteiger partial charge in [-0.05, 0) is 48.1 Å². The molecule has 1 aromatic heterocycles. The van der Waals surface area contributed by atoms with E-state index in [9.17, 15) is 13.2 Å². The molecule has 0 radical (unpaired) electrons. The minimum Gasteiger partial charge on any atom is -0.351 e. The molecule has 1 heterocycles. The molecule has 2 aliphatic carbocycles. The highest BCUT2D eigenvalue weighted by Gasteiger charge is 2.61. The molecule has 0 spiro atoms. The number of sulfonamides is 1. The predicted molar refractivity (Wildman–Crippen MR) is 95.2 cm³/mol. The molecule has 5 nitrogen and oxygen atoms in total. The van der Waals surface area contributed by atoms with Crippen LogP contribution in [0.5, 0.6) is 0 Å². The number of thiophene rings is 1. The van der Waals surface area contributed by atoms with Crippen molar-refractivity contribution in [2.24, 2.45) is 16.7 Å². The maximum absolute atomic E-state index is 12.8. The first-order valence-electron chi connectivity index (χ1n) is 8.42. The van der Waals surface area contributed by atoms with Crippen molar-refractivity contribution in [1.82, 2.24) is 10.0 Å². The summed E-state index contributed by atoms with van der Waals surface area (Å²) >= 11 is 1.22. The van der Waals surface area contributed by atoms with Crippen molar-refractivity contribution in [1.29, 1.82) is 0 Å². The topological polar surface area (TPSA) is 75.3 Å². The summed E-state index contributed by atoms with van der Waals surface area (Å²) in [6.07, 6.45) is 3.20. The zero-order chi connectivity index (χ0) is 17.8. The van der Waals surface area contributed by atoms with E-state index in [1.54, 1.807) is 12.1 Å². The second kappa shape index (κ2) is 5.81. The quantitative estimate of drug-likeness (QED) is 0.837. The number of fused-ring (bicyclic) bond motifs is 2. The lowest BCUT2D eigenvalue weighted by atomic mass is 9.69. The van der Waals surface area contributed by atoms with Crippen LogP contribution < -0.4 is 10.0 Å². The first-order valence-corrected chi connectivity index (χ1v) is 10.7. The Balaban J connectivity index is 1.75. The molecule has 2 fully saturated rings. The molecule has 3 unspecified atom stereocenters. The summed E-state index contributed by atoms with van der Waals surface area (Å²) in [6.45, 7) is 8.59. The van der Waals surface area contributed by atoms with E-state index in [4.69, 9.17) is 0 Å². The van der Waals surface area contributed by atoms with E-state index in [0.29, 0.717) is 16.7 Å². The molecule has 1 aromatic rings. The first-order chi connectivity index (χ1) is 11.1. The summed E-state index contributed by atoms with van der Waals surface area (Å²) in [4.78, 5) is 11.8. The summed E-state index contributed by atoms with van der Waals surface area (Å²) in [7, 11) is -3.52. The minimum absolute atomic E-state index is 0.00264. The van der Waals surface area contributed by atoms with E-state index in [-0.39, 0.29) is 22.8 Å². The molecule has 1 amide bonds. The predicted octanol–water partition coefficient (Wildman–Crippen LogP) is 2.88. The molecule has 2 bridgehead atoms. The van der Waals surface area contributed by atoms with Gasteiger partial charge in [-0.25, -0.2) is 13.1 Å². The number of nitrogens with one attached hydrogen (secondary N) is 2. The van der Waals surface area contributed by atoms with Crippen LogP contribution >= 0.6 is 11.3 Å². The van der Waals surface area contributed by atoms with Gasteiger partial charge in [-0.15, -0.1) is 11.3 Å². The fourth-order valence-electron chi connectivity index (χ4n) is 4.44. The first kappa shape index (κ1) is 17.9. The van der Waals surface area contributed by atoms with Gasteiger partial charge in [-0.1, -0.05) is 20.8 Å². The third-order valence-corrected chi connectivity index (χ3v) is 9.55. The van der Waals surface area contributed by atoms with Gasteiger partial charge in [0, 0.05) is 17.8 Å². The lowest BCUT2D eigenvalue weighted by molar-refractivity contribution is -0.119. The molecule has 2 N–H and O–H groups in total. The van der Waals surface area contributed by atoms with E-state index in [2.05, 4.69) is 30.8 Å². The largest absolute Gasteiger partial charge is 0.351 e. The third kappa shape index (κ3) is 2.80. The highest BCUT2D eigenvalue weighted by molar-refractivity contribution is 7.91. The molecule has 3 atom stereocenters. The highest BCUT2D eigenvalue weighted by atomic mass is 32.2. The monoisotopic (exact) mass is 370 g/mol. The number of hydrogen-bond acceptors (Lipinski definition) is 4. The Morgan fingerprint density at radius 2 is 2.04 bits per heavy atom. The molecule has 2 aliphatic rings.